The normalized spacial score (nSPS) is 17.3. The van der Waals surface area contributed by atoms with Gasteiger partial charge in [0, 0.05) is 37.0 Å². The second-order valence-electron chi connectivity index (χ2n) is 6.26. The highest BCUT2D eigenvalue weighted by Gasteiger charge is 2.28. The monoisotopic (exact) mass is 368 g/mol. The highest BCUT2D eigenvalue weighted by atomic mass is 32.1. The number of halogens is 1. The minimum absolute atomic E-state index is 0.0124. The average Bonchev–Trinajstić information content (AvgIpc) is 3.18. The van der Waals surface area contributed by atoms with Crippen LogP contribution in [0.4, 0.5) is 4.39 Å². The number of hydrogen-bond acceptors (Lipinski definition) is 5. The third-order valence-electron chi connectivity index (χ3n) is 4.51. The van der Waals surface area contributed by atoms with E-state index in [1.54, 1.807) is 42.7 Å². The first-order valence-electron chi connectivity index (χ1n) is 8.50. The molecule has 1 aliphatic rings. The third-order valence-corrected chi connectivity index (χ3v) is 5.63. The van der Waals surface area contributed by atoms with Crippen LogP contribution in [0.15, 0.2) is 48.8 Å². The molecule has 2 aromatic heterocycles. The molecule has 1 amide bonds. The van der Waals surface area contributed by atoms with E-state index in [9.17, 15) is 9.18 Å². The Bertz CT molecular complexity index is 915. The van der Waals surface area contributed by atoms with Gasteiger partial charge in [-0.2, -0.15) is 0 Å². The molecule has 0 radical (unpaired) electrons. The lowest BCUT2D eigenvalue weighted by Gasteiger charge is -2.31. The van der Waals surface area contributed by atoms with E-state index in [-0.39, 0.29) is 17.6 Å². The van der Waals surface area contributed by atoms with Crippen LogP contribution in [0.5, 0.6) is 0 Å². The highest BCUT2D eigenvalue weighted by molar-refractivity contribution is 7.14. The average molecular weight is 368 g/mol. The second-order valence-corrected chi connectivity index (χ2v) is 7.27. The molecule has 1 saturated heterocycles. The van der Waals surface area contributed by atoms with Gasteiger partial charge >= 0.3 is 0 Å². The van der Waals surface area contributed by atoms with Crippen LogP contribution in [0.25, 0.3) is 10.6 Å². The lowest BCUT2D eigenvalue weighted by molar-refractivity contribution is 0.0706. The van der Waals surface area contributed by atoms with Crippen LogP contribution in [-0.2, 0) is 0 Å². The molecule has 5 nitrogen and oxygen atoms in total. The van der Waals surface area contributed by atoms with E-state index < -0.39 is 0 Å². The molecule has 1 fully saturated rings. The fourth-order valence-electron chi connectivity index (χ4n) is 3.18. The van der Waals surface area contributed by atoms with E-state index in [0.717, 1.165) is 24.4 Å². The molecule has 3 heterocycles. The van der Waals surface area contributed by atoms with Crippen molar-refractivity contribution in [3.05, 3.63) is 65.2 Å². The summed E-state index contributed by atoms with van der Waals surface area (Å²) in [5.74, 6) is -0.184. The number of hydrogen-bond donors (Lipinski definition) is 0. The van der Waals surface area contributed by atoms with Crippen LogP contribution in [0, 0.1) is 5.82 Å². The SMILES string of the molecule is O=C(c1cccnc1)N1CCC[C@H](c2nnc(-c3ccccc3F)s2)C1. The number of piperidine rings is 1. The first-order chi connectivity index (χ1) is 12.7. The van der Waals surface area contributed by atoms with E-state index in [4.69, 9.17) is 0 Å². The van der Waals surface area contributed by atoms with Crippen molar-refractivity contribution < 1.29 is 9.18 Å². The first kappa shape index (κ1) is 16.8. The Morgan fingerprint density at radius 2 is 2.08 bits per heavy atom. The fraction of sp³-hybridized carbons (Fsp3) is 0.263. The summed E-state index contributed by atoms with van der Waals surface area (Å²) in [6.07, 6.45) is 5.10. The summed E-state index contributed by atoms with van der Waals surface area (Å²) in [6.45, 7) is 1.32. The van der Waals surface area contributed by atoms with Gasteiger partial charge in [0.1, 0.15) is 10.8 Å². The molecule has 0 saturated carbocycles. The summed E-state index contributed by atoms with van der Waals surface area (Å²) < 4.78 is 14.0. The largest absolute Gasteiger partial charge is 0.338 e. The molecule has 7 heteroatoms. The maximum atomic E-state index is 14.0. The van der Waals surface area contributed by atoms with E-state index >= 15 is 0 Å². The van der Waals surface area contributed by atoms with Crippen LogP contribution in [0.1, 0.15) is 34.1 Å². The fourth-order valence-corrected chi connectivity index (χ4v) is 4.17. The molecule has 0 bridgehead atoms. The van der Waals surface area contributed by atoms with Crippen LogP contribution in [0.2, 0.25) is 0 Å². The number of likely N-dealkylation sites (tertiary alicyclic amines) is 1. The predicted octanol–water partition coefficient (Wildman–Crippen LogP) is 3.76. The lowest BCUT2D eigenvalue weighted by atomic mass is 9.98. The number of carbonyl (C=O) groups excluding carboxylic acids is 1. The molecular weight excluding hydrogens is 351 g/mol. The predicted molar refractivity (Wildman–Crippen MR) is 97.4 cm³/mol. The highest BCUT2D eigenvalue weighted by Crippen LogP contribution is 2.33. The summed E-state index contributed by atoms with van der Waals surface area (Å²) >= 11 is 1.40. The number of carbonyl (C=O) groups is 1. The van der Waals surface area contributed by atoms with Crippen molar-refractivity contribution in [1.29, 1.82) is 0 Å². The van der Waals surface area contributed by atoms with Crippen molar-refractivity contribution in [1.82, 2.24) is 20.1 Å². The number of pyridine rings is 1. The van der Waals surface area contributed by atoms with Gasteiger partial charge in [-0.3, -0.25) is 9.78 Å². The summed E-state index contributed by atoms with van der Waals surface area (Å²) in [5, 5.41) is 9.87. The number of amides is 1. The van der Waals surface area contributed by atoms with Crippen molar-refractivity contribution in [2.24, 2.45) is 0 Å². The molecular formula is C19H17FN4OS. The Morgan fingerprint density at radius 3 is 2.88 bits per heavy atom. The molecule has 0 unspecified atom stereocenters. The number of benzene rings is 1. The van der Waals surface area contributed by atoms with E-state index in [0.29, 0.717) is 22.7 Å². The van der Waals surface area contributed by atoms with Gasteiger partial charge < -0.3 is 4.90 Å². The molecule has 1 aromatic carbocycles. The van der Waals surface area contributed by atoms with Gasteiger partial charge in [-0.05, 0) is 37.1 Å². The maximum Gasteiger partial charge on any atom is 0.255 e. The topological polar surface area (TPSA) is 59.0 Å². The zero-order valence-corrected chi connectivity index (χ0v) is 14.8. The van der Waals surface area contributed by atoms with Gasteiger partial charge in [0.15, 0.2) is 5.01 Å². The van der Waals surface area contributed by atoms with Crippen molar-refractivity contribution >= 4 is 17.2 Å². The van der Waals surface area contributed by atoms with Gasteiger partial charge in [0.2, 0.25) is 0 Å². The van der Waals surface area contributed by atoms with Crippen LogP contribution < -0.4 is 0 Å². The zero-order valence-electron chi connectivity index (χ0n) is 14.0. The maximum absolute atomic E-state index is 14.0. The standard InChI is InChI=1S/C19H17FN4OS/c20-16-8-2-1-7-15(16)18-23-22-17(26-18)14-6-4-10-24(12-14)19(25)13-5-3-9-21-11-13/h1-3,5,7-9,11,14H,4,6,10,12H2/t14-/m0/s1. The summed E-state index contributed by atoms with van der Waals surface area (Å²) in [6, 6.07) is 10.1. The number of nitrogens with zero attached hydrogens (tertiary/aromatic N) is 4. The molecule has 1 aliphatic heterocycles. The molecule has 0 aliphatic carbocycles. The van der Waals surface area contributed by atoms with Crippen molar-refractivity contribution in [3.8, 4) is 10.6 Å². The molecule has 1 atom stereocenters. The quantitative estimate of drug-likeness (QED) is 0.706. The van der Waals surface area contributed by atoms with E-state index in [1.807, 2.05) is 4.90 Å². The summed E-state index contributed by atoms with van der Waals surface area (Å²) in [5.41, 5.74) is 1.06. The molecule has 3 aromatic rings. The Balaban J connectivity index is 1.52. The number of aromatic nitrogens is 3. The van der Waals surface area contributed by atoms with Crippen LogP contribution in [-0.4, -0.2) is 39.1 Å². The summed E-state index contributed by atoms with van der Waals surface area (Å²) in [4.78, 5) is 18.5. The Hall–Kier alpha value is -2.67. The zero-order chi connectivity index (χ0) is 17.9. The Labute approximate surface area is 154 Å². The van der Waals surface area contributed by atoms with Gasteiger partial charge in [-0.15, -0.1) is 10.2 Å². The molecule has 26 heavy (non-hydrogen) atoms. The second kappa shape index (κ2) is 7.29. The van der Waals surface area contributed by atoms with Crippen LogP contribution >= 0.6 is 11.3 Å². The molecule has 0 spiro atoms. The van der Waals surface area contributed by atoms with Crippen LogP contribution in [0.3, 0.4) is 0 Å². The van der Waals surface area contributed by atoms with Crippen molar-refractivity contribution in [2.75, 3.05) is 13.1 Å². The molecule has 0 N–H and O–H groups in total. The Morgan fingerprint density at radius 1 is 1.19 bits per heavy atom. The first-order valence-corrected chi connectivity index (χ1v) is 9.31. The van der Waals surface area contributed by atoms with E-state index in [1.165, 1.54) is 17.4 Å². The summed E-state index contributed by atoms with van der Waals surface area (Å²) in [7, 11) is 0. The lowest BCUT2D eigenvalue weighted by Crippen LogP contribution is -2.39. The van der Waals surface area contributed by atoms with E-state index in [2.05, 4.69) is 15.2 Å². The molecule has 4 rings (SSSR count). The van der Waals surface area contributed by atoms with Gasteiger partial charge in [0.05, 0.1) is 5.56 Å². The minimum atomic E-state index is -0.299. The third kappa shape index (κ3) is 3.35. The number of rotatable bonds is 3. The minimum Gasteiger partial charge on any atom is -0.338 e. The van der Waals surface area contributed by atoms with Crippen molar-refractivity contribution in [2.45, 2.75) is 18.8 Å². The smallest absolute Gasteiger partial charge is 0.255 e. The van der Waals surface area contributed by atoms with Crippen molar-refractivity contribution in [3.63, 3.8) is 0 Å². The Kier molecular flexibility index (Phi) is 4.71. The van der Waals surface area contributed by atoms with Gasteiger partial charge in [-0.25, -0.2) is 4.39 Å². The molecule has 132 valence electrons. The van der Waals surface area contributed by atoms with Gasteiger partial charge in [-0.1, -0.05) is 23.5 Å². The van der Waals surface area contributed by atoms with Gasteiger partial charge in [0.25, 0.3) is 5.91 Å².